The third kappa shape index (κ3) is 1.99. The maximum absolute atomic E-state index is 11.9. The summed E-state index contributed by atoms with van der Waals surface area (Å²) in [4.78, 5) is 20.4. The Labute approximate surface area is 110 Å². The van der Waals surface area contributed by atoms with Gasteiger partial charge in [0, 0.05) is 17.0 Å². The normalized spacial score (nSPS) is 15.7. The number of rotatable bonds is 1. The van der Waals surface area contributed by atoms with Crippen molar-refractivity contribution in [2.75, 3.05) is 0 Å². The Morgan fingerprint density at radius 1 is 1.26 bits per heavy atom. The van der Waals surface area contributed by atoms with Crippen LogP contribution in [0.1, 0.15) is 20.8 Å². The number of carbonyl (C=O) groups excluding carboxylic acids is 1. The van der Waals surface area contributed by atoms with E-state index in [-0.39, 0.29) is 5.97 Å². The summed E-state index contributed by atoms with van der Waals surface area (Å²) in [6, 6.07) is 5.45. The van der Waals surface area contributed by atoms with Crippen molar-refractivity contribution in [2.24, 2.45) is 15.4 Å². The number of aliphatic imine (C=N–C) groups is 1. The molecule has 2 aliphatic rings. The number of benzene rings is 1. The minimum atomic E-state index is -0.517. The van der Waals surface area contributed by atoms with Gasteiger partial charge in [0.05, 0.1) is 10.8 Å². The quantitative estimate of drug-likeness (QED) is 0.561. The van der Waals surface area contributed by atoms with Gasteiger partial charge in [0.1, 0.15) is 5.75 Å². The van der Waals surface area contributed by atoms with Crippen molar-refractivity contribution in [3.05, 3.63) is 41.1 Å². The predicted molar refractivity (Wildman–Crippen MR) is 72.3 cm³/mol. The van der Waals surface area contributed by atoms with Crippen LogP contribution in [0.3, 0.4) is 0 Å². The van der Waals surface area contributed by atoms with Gasteiger partial charge in [-0.25, -0.2) is 9.98 Å². The Balaban J connectivity index is 2.02. The highest BCUT2D eigenvalue weighted by molar-refractivity contribution is 6.24. The van der Waals surface area contributed by atoms with Gasteiger partial charge >= 0.3 is 5.97 Å². The number of ether oxygens (including phenoxy) is 1. The zero-order valence-electron chi connectivity index (χ0n) is 11.1. The summed E-state index contributed by atoms with van der Waals surface area (Å²) in [5.74, 6) is 1.03. The van der Waals surface area contributed by atoms with Crippen LogP contribution in [-0.4, -0.2) is 11.8 Å². The van der Waals surface area contributed by atoms with Gasteiger partial charge in [-0.05, 0) is 45.0 Å². The van der Waals surface area contributed by atoms with Gasteiger partial charge < -0.3 is 4.74 Å². The van der Waals surface area contributed by atoms with E-state index in [1.807, 2.05) is 39.0 Å². The largest absolute Gasteiger partial charge is 0.426 e. The van der Waals surface area contributed by atoms with Gasteiger partial charge in [-0.3, -0.25) is 4.79 Å². The Hall–Kier alpha value is -2.23. The molecule has 0 aromatic heterocycles. The summed E-state index contributed by atoms with van der Waals surface area (Å²) in [5.41, 5.74) is 0.472. The Kier molecular flexibility index (Phi) is 2.42. The first-order valence-corrected chi connectivity index (χ1v) is 6.15. The summed E-state index contributed by atoms with van der Waals surface area (Å²) < 4.78 is 5.39. The van der Waals surface area contributed by atoms with E-state index in [2.05, 4.69) is 9.98 Å². The monoisotopic (exact) mass is 254 g/mol. The fourth-order valence-corrected chi connectivity index (χ4v) is 1.89. The smallest absolute Gasteiger partial charge is 0.316 e. The van der Waals surface area contributed by atoms with E-state index < -0.39 is 5.41 Å². The molecule has 0 atom stereocenters. The minimum Gasteiger partial charge on any atom is -0.426 e. The molecular weight excluding hydrogens is 240 g/mol. The molecule has 2 heterocycles. The third-order valence-corrected chi connectivity index (χ3v) is 2.99. The minimum absolute atomic E-state index is 0.247. The van der Waals surface area contributed by atoms with Gasteiger partial charge in [0.25, 0.3) is 0 Å². The molecule has 96 valence electrons. The van der Waals surface area contributed by atoms with Crippen LogP contribution in [0, 0.1) is 5.41 Å². The molecule has 0 unspecified atom stereocenters. The molecule has 19 heavy (non-hydrogen) atoms. The van der Waals surface area contributed by atoms with Gasteiger partial charge in [0.15, 0.2) is 5.84 Å². The number of nitrogens with zero attached hydrogens (tertiary/aromatic N) is 2. The van der Waals surface area contributed by atoms with E-state index >= 15 is 0 Å². The van der Waals surface area contributed by atoms with Crippen molar-refractivity contribution in [3.63, 3.8) is 0 Å². The highest BCUT2D eigenvalue weighted by Gasteiger charge is 2.24. The number of amidine groups is 1. The molecule has 4 nitrogen and oxygen atoms in total. The topological polar surface area (TPSA) is 51.0 Å². The van der Waals surface area contributed by atoms with Crippen LogP contribution in [0.15, 0.2) is 40.5 Å². The molecule has 0 bridgehead atoms. The average molecular weight is 254 g/mol. The summed E-state index contributed by atoms with van der Waals surface area (Å²) in [5, 5.41) is 1.83. The molecule has 0 aliphatic carbocycles. The maximum atomic E-state index is 11.9. The van der Waals surface area contributed by atoms with E-state index in [9.17, 15) is 4.79 Å². The van der Waals surface area contributed by atoms with Gasteiger partial charge in [0.2, 0.25) is 0 Å². The molecular formula is C15H14N2O2. The van der Waals surface area contributed by atoms with Gasteiger partial charge in [-0.1, -0.05) is 0 Å². The SMILES string of the molecule is CC(C)(C)C(=O)Oc1ccc2c(c1)=C1C=CN=C1N=2. The van der Waals surface area contributed by atoms with Crippen LogP contribution >= 0.6 is 0 Å². The first kappa shape index (κ1) is 11.8. The lowest BCUT2D eigenvalue weighted by Gasteiger charge is -2.16. The van der Waals surface area contributed by atoms with Crippen molar-refractivity contribution < 1.29 is 9.53 Å². The molecule has 1 aromatic carbocycles. The molecule has 2 aliphatic heterocycles. The summed E-state index contributed by atoms with van der Waals surface area (Å²) >= 11 is 0. The Morgan fingerprint density at radius 2 is 2.05 bits per heavy atom. The number of hydrogen-bond donors (Lipinski definition) is 0. The standard InChI is InChI=1S/C15H14N2O2/c1-15(2,3)14(18)19-9-4-5-12-11(8-9)10-6-7-16-13(10)17-12/h4-8H,1-3H3. The van der Waals surface area contributed by atoms with Gasteiger partial charge in [-0.15, -0.1) is 0 Å². The van der Waals surface area contributed by atoms with E-state index in [0.29, 0.717) is 5.75 Å². The van der Waals surface area contributed by atoms with Crippen LogP contribution in [-0.2, 0) is 4.79 Å². The molecule has 1 aromatic rings. The molecule has 4 heteroatoms. The molecule has 0 spiro atoms. The average Bonchev–Trinajstić information content (AvgIpc) is 2.88. The summed E-state index contributed by atoms with van der Waals surface area (Å²) in [7, 11) is 0. The van der Waals surface area contributed by atoms with Crippen molar-refractivity contribution in [1.29, 1.82) is 0 Å². The predicted octanol–water partition coefficient (Wildman–Crippen LogP) is 1.35. The molecule has 0 radical (unpaired) electrons. The van der Waals surface area contributed by atoms with Crippen LogP contribution in [0.25, 0.3) is 5.57 Å². The van der Waals surface area contributed by atoms with Crippen LogP contribution < -0.4 is 15.3 Å². The second-order valence-corrected chi connectivity index (χ2v) is 5.61. The lowest BCUT2D eigenvalue weighted by molar-refractivity contribution is -0.143. The van der Waals surface area contributed by atoms with E-state index in [1.54, 1.807) is 12.3 Å². The summed E-state index contributed by atoms with van der Waals surface area (Å²) in [6.07, 6.45) is 3.64. The zero-order chi connectivity index (χ0) is 13.6. The first-order chi connectivity index (χ1) is 8.95. The molecule has 3 rings (SSSR count). The van der Waals surface area contributed by atoms with Crippen LogP contribution in [0.2, 0.25) is 0 Å². The highest BCUT2D eigenvalue weighted by atomic mass is 16.5. The van der Waals surface area contributed by atoms with Crippen LogP contribution in [0.5, 0.6) is 5.75 Å². The fourth-order valence-electron chi connectivity index (χ4n) is 1.89. The molecule has 0 fully saturated rings. The number of carbonyl (C=O) groups is 1. The number of hydrogen-bond acceptors (Lipinski definition) is 4. The molecule has 0 saturated heterocycles. The third-order valence-electron chi connectivity index (χ3n) is 2.99. The van der Waals surface area contributed by atoms with Crippen molar-refractivity contribution in [1.82, 2.24) is 0 Å². The number of esters is 1. The van der Waals surface area contributed by atoms with E-state index in [0.717, 1.165) is 22.0 Å². The van der Waals surface area contributed by atoms with Crippen LogP contribution in [0.4, 0.5) is 0 Å². The fraction of sp³-hybridized carbons (Fsp3) is 0.267. The second kappa shape index (κ2) is 3.88. The Morgan fingerprint density at radius 3 is 2.79 bits per heavy atom. The molecule has 0 amide bonds. The van der Waals surface area contributed by atoms with Crippen molar-refractivity contribution in [2.45, 2.75) is 20.8 Å². The molecule has 0 saturated carbocycles. The first-order valence-electron chi connectivity index (χ1n) is 6.15. The second-order valence-electron chi connectivity index (χ2n) is 5.61. The van der Waals surface area contributed by atoms with Crippen molar-refractivity contribution in [3.8, 4) is 5.75 Å². The molecule has 0 N–H and O–H groups in total. The maximum Gasteiger partial charge on any atom is 0.316 e. The van der Waals surface area contributed by atoms with E-state index in [1.165, 1.54) is 0 Å². The number of fused-ring (bicyclic) bond motifs is 2. The zero-order valence-corrected chi connectivity index (χ0v) is 11.1. The van der Waals surface area contributed by atoms with E-state index in [4.69, 9.17) is 4.74 Å². The lowest BCUT2D eigenvalue weighted by atomic mass is 9.97. The highest BCUT2D eigenvalue weighted by Crippen LogP contribution is 2.19. The van der Waals surface area contributed by atoms with Crippen molar-refractivity contribution >= 4 is 17.4 Å². The van der Waals surface area contributed by atoms with Gasteiger partial charge in [-0.2, -0.15) is 0 Å². The summed E-state index contributed by atoms with van der Waals surface area (Å²) in [6.45, 7) is 5.49. The lowest BCUT2D eigenvalue weighted by Crippen LogP contribution is -2.27. The Bertz CT molecular complexity index is 749.